The number of amides is 1. The zero-order chi connectivity index (χ0) is 21.2. The molecule has 0 saturated heterocycles. The van der Waals surface area contributed by atoms with Gasteiger partial charge < -0.3 is 11.2 Å². The highest BCUT2D eigenvalue weighted by Gasteiger charge is 2.17. The van der Waals surface area contributed by atoms with Gasteiger partial charge in [-0.3, -0.25) is 9.79 Å². The second kappa shape index (κ2) is 11.2. The number of benzene rings is 1. The van der Waals surface area contributed by atoms with Crippen LogP contribution in [0.2, 0.25) is 0 Å². The summed E-state index contributed by atoms with van der Waals surface area (Å²) in [6.07, 6.45) is 13.6. The minimum atomic E-state index is -0.0472. The standard InChI is InChI=1S/C23H28N4OS/c1-5-8-17(25-3)11-14-21(27-24)19-13-12-18(15-16(19)2)29-22-10-7-6-9-20(22)23(28)26-4/h5,8-15H,6-7,24H2,1-4H3,(H,26,28)/b8-5-,14-11+,25-17+,27-21-. The van der Waals surface area contributed by atoms with Crippen LogP contribution in [0.4, 0.5) is 0 Å². The van der Waals surface area contributed by atoms with Crippen molar-refractivity contribution in [3.63, 3.8) is 0 Å². The summed E-state index contributed by atoms with van der Waals surface area (Å²) in [7, 11) is 3.41. The van der Waals surface area contributed by atoms with Crippen molar-refractivity contribution in [1.82, 2.24) is 5.32 Å². The molecule has 1 aliphatic rings. The second-order valence-electron chi connectivity index (χ2n) is 6.42. The highest BCUT2D eigenvalue weighted by molar-refractivity contribution is 8.03. The average molecular weight is 409 g/mol. The predicted octanol–water partition coefficient (Wildman–Crippen LogP) is 4.30. The Hall–Kier alpha value is -2.86. The maximum atomic E-state index is 12.1. The molecule has 1 aliphatic carbocycles. The van der Waals surface area contributed by atoms with Crippen molar-refractivity contribution < 1.29 is 4.79 Å². The summed E-state index contributed by atoms with van der Waals surface area (Å²) in [4.78, 5) is 18.4. The summed E-state index contributed by atoms with van der Waals surface area (Å²) in [5.74, 6) is 5.59. The van der Waals surface area contributed by atoms with E-state index in [1.165, 1.54) is 0 Å². The van der Waals surface area contributed by atoms with Crippen LogP contribution in [0.25, 0.3) is 0 Å². The summed E-state index contributed by atoms with van der Waals surface area (Å²) < 4.78 is 0. The van der Waals surface area contributed by atoms with E-state index in [9.17, 15) is 4.79 Å². The first-order valence-corrected chi connectivity index (χ1v) is 10.3. The quantitative estimate of drug-likeness (QED) is 0.401. The van der Waals surface area contributed by atoms with Gasteiger partial charge in [0, 0.05) is 35.0 Å². The number of carbonyl (C=O) groups is 1. The molecule has 1 amide bonds. The number of likely N-dealkylation sites (N-methyl/N-ethyl adjacent to an activating group) is 1. The van der Waals surface area contributed by atoms with Crippen molar-refractivity contribution in [3.8, 4) is 0 Å². The zero-order valence-electron chi connectivity index (χ0n) is 17.4. The molecule has 0 atom stereocenters. The lowest BCUT2D eigenvalue weighted by Crippen LogP contribution is -2.21. The maximum absolute atomic E-state index is 12.1. The molecular formula is C23H28N4OS. The van der Waals surface area contributed by atoms with E-state index in [1.54, 1.807) is 25.9 Å². The van der Waals surface area contributed by atoms with Crippen LogP contribution in [0.5, 0.6) is 0 Å². The first kappa shape index (κ1) is 22.4. The Morgan fingerprint density at radius 3 is 2.59 bits per heavy atom. The Kier molecular flexibility index (Phi) is 8.68. The highest BCUT2D eigenvalue weighted by Crippen LogP contribution is 2.35. The van der Waals surface area contributed by atoms with E-state index in [4.69, 9.17) is 5.84 Å². The van der Waals surface area contributed by atoms with E-state index in [0.29, 0.717) is 5.71 Å². The van der Waals surface area contributed by atoms with E-state index in [1.807, 2.05) is 56.4 Å². The molecule has 0 bridgehead atoms. The van der Waals surface area contributed by atoms with Crippen molar-refractivity contribution in [2.45, 2.75) is 31.6 Å². The Balaban J connectivity index is 2.23. The van der Waals surface area contributed by atoms with Crippen LogP contribution in [0, 0.1) is 6.92 Å². The van der Waals surface area contributed by atoms with Crippen molar-refractivity contribution in [1.29, 1.82) is 0 Å². The van der Waals surface area contributed by atoms with Gasteiger partial charge in [-0.2, -0.15) is 5.10 Å². The third-order valence-corrected chi connectivity index (χ3v) is 5.53. The van der Waals surface area contributed by atoms with Crippen LogP contribution in [-0.4, -0.2) is 31.4 Å². The monoisotopic (exact) mass is 408 g/mol. The number of rotatable bonds is 7. The molecule has 1 aromatic carbocycles. The molecule has 0 saturated carbocycles. The van der Waals surface area contributed by atoms with Gasteiger partial charge in [-0.1, -0.05) is 36.1 Å². The normalized spacial score (nSPS) is 15.6. The fraction of sp³-hybridized carbons (Fsp3) is 0.261. The molecule has 0 fully saturated rings. The van der Waals surface area contributed by atoms with Gasteiger partial charge in [-0.25, -0.2) is 0 Å². The molecule has 6 heteroatoms. The largest absolute Gasteiger partial charge is 0.355 e. The van der Waals surface area contributed by atoms with E-state index in [0.717, 1.165) is 45.1 Å². The number of aryl methyl sites for hydroxylation is 1. The second-order valence-corrected chi connectivity index (χ2v) is 7.53. The van der Waals surface area contributed by atoms with Gasteiger partial charge in [0.1, 0.15) is 0 Å². The first-order chi connectivity index (χ1) is 14.0. The molecule has 5 nitrogen and oxygen atoms in total. The summed E-state index contributed by atoms with van der Waals surface area (Å²) in [5, 5.41) is 6.66. The molecule has 152 valence electrons. The Morgan fingerprint density at radius 2 is 1.97 bits per heavy atom. The van der Waals surface area contributed by atoms with Gasteiger partial charge in [0.15, 0.2) is 0 Å². The SMILES string of the molecule is C\C=C/C(/C=C/C(=N/N)c1ccc(SC2=CCCC=C2C(=O)NC)cc1C)=N\C. The molecule has 1 aromatic rings. The summed E-state index contributed by atoms with van der Waals surface area (Å²) in [5.41, 5.74) is 4.30. The molecule has 0 spiro atoms. The number of hydrogen-bond donors (Lipinski definition) is 2. The van der Waals surface area contributed by atoms with Crippen LogP contribution in [0.15, 0.2) is 80.1 Å². The molecule has 3 N–H and O–H groups in total. The van der Waals surface area contributed by atoms with Crippen LogP contribution < -0.4 is 11.2 Å². The van der Waals surface area contributed by atoms with E-state index < -0.39 is 0 Å². The van der Waals surface area contributed by atoms with E-state index in [-0.39, 0.29) is 5.91 Å². The number of nitrogens with one attached hydrogen (secondary N) is 1. The lowest BCUT2D eigenvalue weighted by atomic mass is 10.0. The topological polar surface area (TPSA) is 79.8 Å². The Labute approximate surface area is 177 Å². The first-order valence-electron chi connectivity index (χ1n) is 9.51. The third-order valence-electron chi connectivity index (χ3n) is 4.43. The number of nitrogens with zero attached hydrogens (tertiary/aromatic N) is 2. The lowest BCUT2D eigenvalue weighted by molar-refractivity contribution is -0.116. The molecule has 0 heterocycles. The molecule has 0 aliphatic heterocycles. The van der Waals surface area contributed by atoms with Crippen LogP contribution >= 0.6 is 11.8 Å². The molecule has 2 rings (SSSR count). The van der Waals surface area contributed by atoms with Crippen LogP contribution in [0.3, 0.4) is 0 Å². The average Bonchev–Trinajstić information content (AvgIpc) is 2.74. The molecule has 29 heavy (non-hydrogen) atoms. The number of allylic oxidation sites excluding steroid dienone is 6. The van der Waals surface area contributed by atoms with E-state index in [2.05, 4.69) is 27.6 Å². The van der Waals surface area contributed by atoms with Crippen LogP contribution in [0.1, 0.15) is 30.9 Å². The molecular weight excluding hydrogens is 380 g/mol. The van der Waals surface area contributed by atoms with Crippen molar-refractivity contribution >= 4 is 29.1 Å². The Bertz CT molecular complexity index is 936. The van der Waals surface area contributed by atoms with Gasteiger partial charge in [0.05, 0.1) is 11.4 Å². The predicted molar refractivity (Wildman–Crippen MR) is 125 cm³/mol. The fourth-order valence-electron chi connectivity index (χ4n) is 2.94. The maximum Gasteiger partial charge on any atom is 0.251 e. The summed E-state index contributed by atoms with van der Waals surface area (Å²) in [6.45, 7) is 3.98. The van der Waals surface area contributed by atoms with Gasteiger partial charge in [-0.05, 0) is 62.6 Å². The number of nitrogens with two attached hydrogens (primary N) is 1. The fourth-order valence-corrected chi connectivity index (χ4v) is 4.06. The minimum Gasteiger partial charge on any atom is -0.355 e. The number of aliphatic imine (C=N–C) groups is 1. The van der Waals surface area contributed by atoms with Crippen molar-refractivity contribution in [2.75, 3.05) is 14.1 Å². The van der Waals surface area contributed by atoms with Gasteiger partial charge in [0.2, 0.25) is 0 Å². The van der Waals surface area contributed by atoms with Crippen molar-refractivity contribution in [3.05, 3.63) is 76.3 Å². The zero-order valence-corrected chi connectivity index (χ0v) is 18.2. The van der Waals surface area contributed by atoms with Gasteiger partial charge in [-0.15, -0.1) is 0 Å². The highest BCUT2D eigenvalue weighted by atomic mass is 32.2. The van der Waals surface area contributed by atoms with Crippen LogP contribution in [-0.2, 0) is 4.79 Å². The molecule has 0 unspecified atom stereocenters. The number of thioether (sulfide) groups is 1. The number of hydrogen-bond acceptors (Lipinski definition) is 5. The molecule has 0 radical (unpaired) electrons. The summed E-state index contributed by atoms with van der Waals surface area (Å²) in [6, 6.07) is 6.14. The lowest BCUT2D eigenvalue weighted by Gasteiger charge is -2.15. The minimum absolute atomic E-state index is 0.0472. The smallest absolute Gasteiger partial charge is 0.251 e. The number of carbonyl (C=O) groups excluding carboxylic acids is 1. The summed E-state index contributed by atoms with van der Waals surface area (Å²) >= 11 is 1.60. The van der Waals surface area contributed by atoms with Gasteiger partial charge >= 0.3 is 0 Å². The van der Waals surface area contributed by atoms with Crippen molar-refractivity contribution in [2.24, 2.45) is 15.9 Å². The third kappa shape index (κ3) is 6.06. The molecule has 0 aromatic heterocycles. The van der Waals surface area contributed by atoms with Gasteiger partial charge in [0.25, 0.3) is 5.91 Å². The van der Waals surface area contributed by atoms with E-state index >= 15 is 0 Å². The Morgan fingerprint density at radius 1 is 1.21 bits per heavy atom. The number of hydrazone groups is 1.